The molecule has 0 spiro atoms. The van der Waals surface area contributed by atoms with Crippen LogP contribution in [-0.2, 0) is 5.41 Å². The Morgan fingerprint density at radius 3 is 2.16 bits per heavy atom. The Hall–Kier alpha value is -0.310. The maximum absolute atomic E-state index is 6.60. The maximum Gasteiger partial charge on any atom is 0.0846 e. The van der Waals surface area contributed by atoms with E-state index < -0.39 is 0 Å². The molecule has 0 N–H and O–H groups in total. The fourth-order valence-corrected chi connectivity index (χ4v) is 4.23. The lowest BCUT2D eigenvalue weighted by molar-refractivity contribution is 0.590. The third-order valence-electron chi connectivity index (χ3n) is 3.27. The highest BCUT2D eigenvalue weighted by Gasteiger charge is 2.18. The molecule has 1 atom stereocenters. The number of alkyl halides is 1. The molecule has 0 aliphatic rings. The van der Waals surface area contributed by atoms with Crippen molar-refractivity contribution in [3.8, 4) is 0 Å². The highest BCUT2D eigenvalue weighted by molar-refractivity contribution is 9.11. The fraction of sp³-hybridized carbons (Fsp3) is 0.375. The van der Waals surface area contributed by atoms with Crippen molar-refractivity contribution in [2.24, 2.45) is 0 Å². The average Bonchev–Trinajstić information content (AvgIpc) is 2.66. The molecule has 102 valence electrons. The summed E-state index contributed by atoms with van der Waals surface area (Å²) in [5.74, 6) is 0. The van der Waals surface area contributed by atoms with Crippen LogP contribution in [-0.4, -0.2) is 0 Å². The van der Waals surface area contributed by atoms with Crippen molar-refractivity contribution in [2.75, 3.05) is 0 Å². The van der Waals surface area contributed by atoms with Gasteiger partial charge in [-0.2, -0.15) is 0 Å². The molecule has 0 radical (unpaired) electrons. The van der Waals surface area contributed by atoms with E-state index in [0.717, 1.165) is 9.35 Å². The second-order valence-electron chi connectivity index (χ2n) is 5.80. The summed E-state index contributed by atoms with van der Waals surface area (Å²) in [6.07, 6.45) is 0. The van der Waals surface area contributed by atoms with Crippen LogP contribution < -0.4 is 0 Å². The van der Waals surface area contributed by atoms with Gasteiger partial charge in [-0.1, -0.05) is 45.0 Å². The molecule has 0 aliphatic carbocycles. The van der Waals surface area contributed by atoms with E-state index in [2.05, 4.69) is 74.0 Å². The molecule has 0 saturated carbocycles. The van der Waals surface area contributed by atoms with E-state index in [1.165, 1.54) is 16.0 Å². The van der Waals surface area contributed by atoms with E-state index in [-0.39, 0.29) is 10.8 Å². The summed E-state index contributed by atoms with van der Waals surface area (Å²) in [7, 11) is 0. The molecule has 1 heterocycles. The number of aryl methyl sites for hydroxylation is 1. The topological polar surface area (TPSA) is 0 Å². The van der Waals surface area contributed by atoms with E-state index in [9.17, 15) is 0 Å². The minimum absolute atomic E-state index is 0.0726. The van der Waals surface area contributed by atoms with Crippen molar-refractivity contribution in [1.82, 2.24) is 0 Å². The second kappa shape index (κ2) is 5.59. The van der Waals surface area contributed by atoms with Crippen LogP contribution in [0.1, 0.15) is 47.7 Å². The lowest BCUT2D eigenvalue weighted by Crippen LogP contribution is -2.10. The van der Waals surface area contributed by atoms with Crippen LogP contribution >= 0.6 is 38.9 Å². The van der Waals surface area contributed by atoms with Gasteiger partial charge in [0.25, 0.3) is 0 Å². The number of benzene rings is 1. The van der Waals surface area contributed by atoms with Crippen molar-refractivity contribution in [1.29, 1.82) is 0 Å². The summed E-state index contributed by atoms with van der Waals surface area (Å²) in [4.78, 5) is 1.27. The molecular formula is C16H18BrClS. The van der Waals surface area contributed by atoms with Crippen LogP contribution in [0, 0.1) is 6.92 Å². The average molecular weight is 358 g/mol. The van der Waals surface area contributed by atoms with Gasteiger partial charge in [-0.15, -0.1) is 22.9 Å². The number of halogens is 2. The SMILES string of the molecule is Cc1sc(Br)cc1C(Cl)c1ccc(C(C)(C)C)cc1. The van der Waals surface area contributed by atoms with E-state index in [4.69, 9.17) is 11.6 Å². The predicted molar refractivity (Wildman–Crippen MR) is 89.6 cm³/mol. The van der Waals surface area contributed by atoms with Gasteiger partial charge >= 0.3 is 0 Å². The van der Waals surface area contributed by atoms with Gasteiger partial charge in [0.05, 0.1) is 9.16 Å². The third kappa shape index (κ3) is 3.42. The Bertz CT molecular complexity index is 563. The summed E-state index contributed by atoms with van der Waals surface area (Å²) < 4.78 is 1.14. The maximum atomic E-state index is 6.60. The molecular weight excluding hydrogens is 340 g/mol. The van der Waals surface area contributed by atoms with Crippen molar-refractivity contribution in [3.63, 3.8) is 0 Å². The zero-order valence-electron chi connectivity index (χ0n) is 11.6. The van der Waals surface area contributed by atoms with Crippen molar-refractivity contribution in [2.45, 2.75) is 38.5 Å². The quantitative estimate of drug-likeness (QED) is 0.542. The lowest BCUT2D eigenvalue weighted by atomic mass is 9.86. The molecule has 0 saturated heterocycles. The Morgan fingerprint density at radius 1 is 1.16 bits per heavy atom. The van der Waals surface area contributed by atoms with Crippen LogP contribution in [0.5, 0.6) is 0 Å². The minimum atomic E-state index is -0.0726. The van der Waals surface area contributed by atoms with Gasteiger partial charge in [0.2, 0.25) is 0 Å². The zero-order chi connectivity index (χ0) is 14.2. The van der Waals surface area contributed by atoms with Gasteiger partial charge in [-0.3, -0.25) is 0 Å². The first-order valence-electron chi connectivity index (χ1n) is 6.29. The smallest absolute Gasteiger partial charge is 0.0846 e. The predicted octanol–water partition coefficient (Wildman–Crippen LogP) is 6.44. The monoisotopic (exact) mass is 356 g/mol. The van der Waals surface area contributed by atoms with Crippen molar-refractivity contribution in [3.05, 3.63) is 55.7 Å². The summed E-state index contributed by atoms with van der Waals surface area (Å²) in [6.45, 7) is 8.78. The molecule has 1 unspecified atom stereocenters. The van der Waals surface area contributed by atoms with E-state index in [1.54, 1.807) is 11.3 Å². The van der Waals surface area contributed by atoms with Gasteiger partial charge in [-0.25, -0.2) is 0 Å². The summed E-state index contributed by atoms with van der Waals surface area (Å²) >= 11 is 11.9. The molecule has 19 heavy (non-hydrogen) atoms. The first kappa shape index (κ1) is 15.1. The molecule has 2 rings (SSSR count). The minimum Gasteiger partial charge on any atom is -0.133 e. The van der Waals surface area contributed by atoms with Gasteiger partial charge < -0.3 is 0 Å². The Labute approximate surface area is 132 Å². The van der Waals surface area contributed by atoms with Crippen molar-refractivity contribution >= 4 is 38.9 Å². The molecule has 1 aromatic heterocycles. The lowest BCUT2D eigenvalue weighted by Gasteiger charge is -2.20. The molecule has 0 fully saturated rings. The van der Waals surface area contributed by atoms with Crippen LogP contribution in [0.3, 0.4) is 0 Å². The standard InChI is InChI=1S/C16H18BrClS/c1-10-13(9-14(17)19-10)15(18)11-5-7-12(8-6-11)16(2,3)4/h5-9,15H,1-4H3. The number of rotatable bonds is 2. The summed E-state index contributed by atoms with van der Waals surface area (Å²) in [5.41, 5.74) is 3.87. The Morgan fingerprint density at radius 2 is 1.74 bits per heavy atom. The highest BCUT2D eigenvalue weighted by Crippen LogP contribution is 2.37. The summed E-state index contributed by atoms with van der Waals surface area (Å²) in [6, 6.07) is 10.8. The van der Waals surface area contributed by atoms with Crippen LogP contribution in [0.4, 0.5) is 0 Å². The number of hydrogen-bond acceptors (Lipinski definition) is 1. The van der Waals surface area contributed by atoms with Gasteiger partial charge in [0, 0.05) is 4.88 Å². The molecule has 3 heteroatoms. The molecule has 0 amide bonds. The van der Waals surface area contributed by atoms with Crippen LogP contribution in [0.15, 0.2) is 34.1 Å². The first-order valence-corrected chi connectivity index (χ1v) is 8.34. The van der Waals surface area contributed by atoms with Gasteiger partial charge in [0.1, 0.15) is 0 Å². The van der Waals surface area contributed by atoms with E-state index in [0.29, 0.717) is 0 Å². The molecule has 2 aromatic rings. The largest absolute Gasteiger partial charge is 0.133 e. The Balaban J connectivity index is 2.30. The highest BCUT2D eigenvalue weighted by atomic mass is 79.9. The first-order chi connectivity index (χ1) is 8.79. The third-order valence-corrected chi connectivity index (χ3v) is 5.32. The van der Waals surface area contributed by atoms with Crippen LogP contribution in [0.25, 0.3) is 0 Å². The van der Waals surface area contributed by atoms with Gasteiger partial charge in [-0.05, 0) is 51.0 Å². The van der Waals surface area contributed by atoms with Crippen LogP contribution in [0.2, 0.25) is 0 Å². The molecule has 1 aromatic carbocycles. The second-order valence-corrected chi connectivity index (χ2v) is 8.87. The zero-order valence-corrected chi connectivity index (χ0v) is 14.8. The normalized spacial score (nSPS) is 13.6. The molecule has 0 bridgehead atoms. The Kier molecular flexibility index (Phi) is 4.44. The molecule has 0 nitrogen and oxygen atoms in total. The fourth-order valence-electron chi connectivity index (χ4n) is 2.04. The number of thiophene rings is 1. The van der Waals surface area contributed by atoms with E-state index >= 15 is 0 Å². The molecule has 0 aliphatic heterocycles. The van der Waals surface area contributed by atoms with E-state index in [1.807, 2.05) is 0 Å². The summed E-state index contributed by atoms with van der Waals surface area (Å²) in [5, 5.41) is -0.0726. The van der Waals surface area contributed by atoms with Crippen molar-refractivity contribution < 1.29 is 0 Å². The van der Waals surface area contributed by atoms with Gasteiger partial charge in [0.15, 0.2) is 0 Å². The number of hydrogen-bond donors (Lipinski definition) is 0.